The van der Waals surface area contributed by atoms with Gasteiger partial charge in [0.25, 0.3) is 0 Å². The molecule has 19 heavy (non-hydrogen) atoms. The molecule has 1 aromatic heterocycles. The van der Waals surface area contributed by atoms with Gasteiger partial charge in [-0.1, -0.05) is 6.07 Å². The highest BCUT2D eigenvalue weighted by atomic mass is 19.1. The summed E-state index contributed by atoms with van der Waals surface area (Å²) in [5.74, 6) is -1.96. The summed E-state index contributed by atoms with van der Waals surface area (Å²) in [6.45, 7) is 1.99. The Kier molecular flexibility index (Phi) is 4.25. The zero-order chi connectivity index (χ0) is 13.7. The molecule has 1 heterocycles. The number of carboxylic acids is 1. The second-order valence-electron chi connectivity index (χ2n) is 4.10. The summed E-state index contributed by atoms with van der Waals surface area (Å²) in [7, 11) is 0. The van der Waals surface area contributed by atoms with Crippen molar-refractivity contribution in [3.05, 3.63) is 53.9 Å². The topological polar surface area (TPSA) is 67.2 Å². The van der Waals surface area contributed by atoms with E-state index in [1.165, 1.54) is 12.1 Å². The lowest BCUT2D eigenvalue weighted by Gasteiger charge is -2.06. The van der Waals surface area contributed by atoms with Gasteiger partial charge < -0.3 is 15.0 Å². The van der Waals surface area contributed by atoms with Gasteiger partial charge in [0.2, 0.25) is 0 Å². The Labute approximate surface area is 109 Å². The van der Waals surface area contributed by atoms with E-state index in [0.717, 1.165) is 13.1 Å². The maximum absolute atomic E-state index is 13.4. The van der Waals surface area contributed by atoms with Crippen LogP contribution in [-0.4, -0.2) is 27.2 Å². The van der Waals surface area contributed by atoms with Crippen LogP contribution in [0, 0.1) is 5.82 Å². The van der Waals surface area contributed by atoms with Crippen molar-refractivity contribution in [2.45, 2.75) is 13.1 Å². The molecule has 2 N–H and O–H groups in total. The first-order valence-corrected chi connectivity index (χ1v) is 5.85. The molecule has 0 fully saturated rings. The van der Waals surface area contributed by atoms with Gasteiger partial charge in [-0.25, -0.2) is 14.2 Å². The van der Waals surface area contributed by atoms with Crippen LogP contribution in [0.2, 0.25) is 0 Å². The van der Waals surface area contributed by atoms with Crippen molar-refractivity contribution < 1.29 is 14.3 Å². The van der Waals surface area contributed by atoms with E-state index >= 15 is 0 Å². The van der Waals surface area contributed by atoms with Gasteiger partial charge in [-0.3, -0.25) is 0 Å². The van der Waals surface area contributed by atoms with Crippen LogP contribution in [0.25, 0.3) is 0 Å². The number of carbonyl (C=O) groups is 1. The molecule has 0 saturated carbocycles. The SMILES string of the molecule is O=C(O)c1ccc(CNCCn2ccnc2)cc1F. The van der Waals surface area contributed by atoms with E-state index in [9.17, 15) is 9.18 Å². The summed E-state index contributed by atoms with van der Waals surface area (Å²) >= 11 is 0. The Balaban J connectivity index is 1.83. The maximum atomic E-state index is 13.4. The number of benzene rings is 1. The van der Waals surface area contributed by atoms with Crippen molar-refractivity contribution >= 4 is 5.97 Å². The first-order valence-electron chi connectivity index (χ1n) is 5.85. The van der Waals surface area contributed by atoms with E-state index in [0.29, 0.717) is 12.1 Å². The summed E-state index contributed by atoms with van der Waals surface area (Å²) in [5, 5.41) is 11.9. The van der Waals surface area contributed by atoms with Crippen molar-refractivity contribution in [1.29, 1.82) is 0 Å². The highest BCUT2D eigenvalue weighted by Crippen LogP contribution is 2.10. The lowest BCUT2D eigenvalue weighted by molar-refractivity contribution is 0.0692. The Hall–Kier alpha value is -2.21. The fourth-order valence-electron chi connectivity index (χ4n) is 1.70. The molecule has 0 aliphatic carbocycles. The van der Waals surface area contributed by atoms with Gasteiger partial charge in [-0.15, -0.1) is 0 Å². The molecule has 2 rings (SSSR count). The van der Waals surface area contributed by atoms with Gasteiger partial charge in [-0.2, -0.15) is 0 Å². The van der Waals surface area contributed by atoms with Crippen LogP contribution >= 0.6 is 0 Å². The smallest absolute Gasteiger partial charge is 0.338 e. The molecule has 0 unspecified atom stereocenters. The van der Waals surface area contributed by atoms with Crippen LogP contribution in [0.15, 0.2) is 36.9 Å². The Bertz CT molecular complexity index is 555. The van der Waals surface area contributed by atoms with Crippen molar-refractivity contribution in [1.82, 2.24) is 14.9 Å². The van der Waals surface area contributed by atoms with Gasteiger partial charge in [-0.05, 0) is 17.7 Å². The first-order chi connectivity index (χ1) is 9.16. The summed E-state index contributed by atoms with van der Waals surface area (Å²) in [4.78, 5) is 14.6. The minimum Gasteiger partial charge on any atom is -0.478 e. The molecule has 0 atom stereocenters. The molecule has 0 saturated heterocycles. The molecule has 0 radical (unpaired) electrons. The molecule has 2 aromatic rings. The average molecular weight is 263 g/mol. The third-order valence-corrected chi connectivity index (χ3v) is 2.70. The quantitative estimate of drug-likeness (QED) is 0.775. The third kappa shape index (κ3) is 3.62. The number of hydrogen-bond acceptors (Lipinski definition) is 3. The van der Waals surface area contributed by atoms with Crippen LogP contribution in [-0.2, 0) is 13.1 Å². The normalized spacial score (nSPS) is 10.6. The van der Waals surface area contributed by atoms with E-state index in [1.54, 1.807) is 18.6 Å². The number of nitrogens with one attached hydrogen (secondary N) is 1. The minimum atomic E-state index is -1.25. The number of carboxylic acid groups (broad SMARTS) is 1. The lowest BCUT2D eigenvalue weighted by Crippen LogP contribution is -2.19. The summed E-state index contributed by atoms with van der Waals surface area (Å²) in [6, 6.07) is 4.13. The molecular weight excluding hydrogens is 249 g/mol. The zero-order valence-electron chi connectivity index (χ0n) is 10.2. The van der Waals surface area contributed by atoms with Gasteiger partial charge in [0.15, 0.2) is 0 Å². The van der Waals surface area contributed by atoms with Gasteiger partial charge in [0.1, 0.15) is 5.82 Å². The second kappa shape index (κ2) is 6.10. The molecule has 5 nitrogen and oxygen atoms in total. The standard InChI is InChI=1S/C13H14FN3O2/c14-12-7-10(1-2-11(12)13(18)19)8-15-3-5-17-6-4-16-9-17/h1-2,4,6-7,9,15H,3,5,8H2,(H,18,19). The number of halogens is 1. The van der Waals surface area contributed by atoms with Crippen LogP contribution < -0.4 is 5.32 Å². The number of aromatic carboxylic acids is 1. The Morgan fingerprint density at radius 1 is 1.47 bits per heavy atom. The van der Waals surface area contributed by atoms with Crippen molar-refractivity contribution in [2.75, 3.05) is 6.54 Å². The number of rotatable bonds is 6. The molecular formula is C13H14FN3O2. The average Bonchev–Trinajstić information content (AvgIpc) is 2.87. The van der Waals surface area contributed by atoms with Gasteiger partial charge in [0.05, 0.1) is 11.9 Å². The number of aromatic nitrogens is 2. The maximum Gasteiger partial charge on any atom is 0.338 e. The Morgan fingerprint density at radius 3 is 2.95 bits per heavy atom. The van der Waals surface area contributed by atoms with Gasteiger partial charge >= 0.3 is 5.97 Å². The van der Waals surface area contributed by atoms with Crippen LogP contribution in [0.4, 0.5) is 4.39 Å². The monoisotopic (exact) mass is 263 g/mol. The zero-order valence-corrected chi connectivity index (χ0v) is 10.2. The summed E-state index contributed by atoms with van der Waals surface area (Å²) in [5.41, 5.74) is 0.412. The second-order valence-corrected chi connectivity index (χ2v) is 4.10. The van der Waals surface area contributed by atoms with Gasteiger partial charge in [0, 0.05) is 32.0 Å². The molecule has 6 heteroatoms. The molecule has 100 valence electrons. The fraction of sp³-hybridized carbons (Fsp3) is 0.231. The van der Waals surface area contributed by atoms with Crippen molar-refractivity contribution in [2.24, 2.45) is 0 Å². The number of imidazole rings is 1. The van der Waals surface area contributed by atoms with E-state index in [-0.39, 0.29) is 5.56 Å². The highest BCUT2D eigenvalue weighted by molar-refractivity contribution is 5.87. The van der Waals surface area contributed by atoms with Crippen molar-refractivity contribution in [3.8, 4) is 0 Å². The Morgan fingerprint density at radius 2 is 2.32 bits per heavy atom. The van der Waals surface area contributed by atoms with E-state index < -0.39 is 11.8 Å². The summed E-state index contributed by atoms with van der Waals surface area (Å²) in [6.07, 6.45) is 5.30. The molecule has 0 spiro atoms. The molecule has 0 aliphatic rings. The molecule has 0 bridgehead atoms. The van der Waals surface area contributed by atoms with E-state index in [4.69, 9.17) is 5.11 Å². The van der Waals surface area contributed by atoms with E-state index in [1.807, 2.05) is 10.8 Å². The highest BCUT2D eigenvalue weighted by Gasteiger charge is 2.09. The largest absolute Gasteiger partial charge is 0.478 e. The van der Waals surface area contributed by atoms with Crippen LogP contribution in [0.3, 0.4) is 0 Å². The molecule has 0 amide bonds. The fourth-order valence-corrected chi connectivity index (χ4v) is 1.70. The lowest BCUT2D eigenvalue weighted by atomic mass is 10.1. The third-order valence-electron chi connectivity index (χ3n) is 2.70. The molecule has 0 aliphatic heterocycles. The number of nitrogens with zero attached hydrogens (tertiary/aromatic N) is 2. The van der Waals surface area contributed by atoms with E-state index in [2.05, 4.69) is 10.3 Å². The minimum absolute atomic E-state index is 0.304. The predicted octanol–water partition coefficient (Wildman–Crippen LogP) is 1.51. The number of hydrogen-bond donors (Lipinski definition) is 2. The predicted molar refractivity (Wildman–Crippen MR) is 67.3 cm³/mol. The van der Waals surface area contributed by atoms with Crippen molar-refractivity contribution in [3.63, 3.8) is 0 Å². The van der Waals surface area contributed by atoms with Crippen LogP contribution in [0.5, 0.6) is 0 Å². The van der Waals surface area contributed by atoms with Crippen LogP contribution in [0.1, 0.15) is 15.9 Å². The molecule has 1 aromatic carbocycles. The summed E-state index contributed by atoms with van der Waals surface area (Å²) < 4.78 is 15.3. The first kappa shape index (κ1) is 13.2.